The molecule has 0 radical (unpaired) electrons. The van der Waals surface area contributed by atoms with Crippen LogP contribution in [0.4, 0.5) is 4.39 Å². The van der Waals surface area contributed by atoms with Gasteiger partial charge < -0.3 is 9.84 Å². The summed E-state index contributed by atoms with van der Waals surface area (Å²) in [6.45, 7) is 1.91. The Morgan fingerprint density at radius 2 is 2.06 bits per heavy atom. The zero-order chi connectivity index (χ0) is 13.1. The van der Waals surface area contributed by atoms with E-state index in [1.165, 1.54) is 19.2 Å². The molecule has 1 atom stereocenters. The van der Waals surface area contributed by atoms with Gasteiger partial charge >= 0.3 is 0 Å². The van der Waals surface area contributed by atoms with Crippen LogP contribution in [0.25, 0.3) is 0 Å². The van der Waals surface area contributed by atoms with Crippen LogP contribution < -0.4 is 4.74 Å². The van der Waals surface area contributed by atoms with Gasteiger partial charge in [0.1, 0.15) is 6.10 Å². The Bertz CT molecular complexity index is 540. The Labute approximate surface area is 105 Å². The first kappa shape index (κ1) is 12.5. The topological polar surface area (TPSA) is 42.4 Å². The van der Waals surface area contributed by atoms with Crippen molar-refractivity contribution in [2.75, 3.05) is 7.11 Å². The second-order valence-electron chi connectivity index (χ2n) is 4.06. The maximum atomic E-state index is 13.5. The van der Waals surface area contributed by atoms with E-state index in [2.05, 4.69) is 4.98 Å². The van der Waals surface area contributed by atoms with Gasteiger partial charge in [-0.05, 0) is 36.2 Å². The predicted octanol–water partition coefficient (Wildman–Crippen LogP) is 2.62. The SMILES string of the molecule is COc1ccc(C(O)c2ccc(C)cn2)cc1F. The van der Waals surface area contributed by atoms with Crippen molar-refractivity contribution in [3.05, 3.63) is 59.2 Å². The van der Waals surface area contributed by atoms with Gasteiger partial charge in [0.15, 0.2) is 11.6 Å². The summed E-state index contributed by atoms with van der Waals surface area (Å²) in [7, 11) is 1.40. The normalized spacial score (nSPS) is 12.2. The number of nitrogens with zero attached hydrogens (tertiary/aromatic N) is 1. The maximum Gasteiger partial charge on any atom is 0.165 e. The molecule has 1 unspecified atom stereocenters. The number of rotatable bonds is 3. The Balaban J connectivity index is 2.31. The second-order valence-corrected chi connectivity index (χ2v) is 4.06. The number of pyridine rings is 1. The minimum absolute atomic E-state index is 0.155. The summed E-state index contributed by atoms with van der Waals surface area (Å²) in [5.41, 5.74) is 1.95. The first-order valence-electron chi connectivity index (χ1n) is 5.56. The van der Waals surface area contributed by atoms with Crippen molar-refractivity contribution in [2.24, 2.45) is 0 Å². The summed E-state index contributed by atoms with van der Waals surface area (Å²) in [5, 5.41) is 10.1. The van der Waals surface area contributed by atoms with Gasteiger partial charge in [0, 0.05) is 6.20 Å². The first-order valence-corrected chi connectivity index (χ1v) is 5.56. The van der Waals surface area contributed by atoms with Crippen molar-refractivity contribution in [3.8, 4) is 5.75 Å². The van der Waals surface area contributed by atoms with Gasteiger partial charge in [-0.15, -0.1) is 0 Å². The Morgan fingerprint density at radius 1 is 1.28 bits per heavy atom. The number of ether oxygens (including phenoxy) is 1. The average Bonchev–Trinajstić information content (AvgIpc) is 2.38. The molecular weight excluding hydrogens is 233 g/mol. The molecule has 0 saturated heterocycles. The molecule has 0 aliphatic heterocycles. The van der Waals surface area contributed by atoms with E-state index in [0.29, 0.717) is 11.3 Å². The average molecular weight is 247 g/mol. The highest BCUT2D eigenvalue weighted by atomic mass is 19.1. The molecule has 1 N–H and O–H groups in total. The molecule has 94 valence electrons. The number of aryl methyl sites for hydroxylation is 1. The predicted molar refractivity (Wildman–Crippen MR) is 66.0 cm³/mol. The second kappa shape index (κ2) is 5.14. The van der Waals surface area contributed by atoms with E-state index in [1.807, 2.05) is 13.0 Å². The molecule has 18 heavy (non-hydrogen) atoms. The number of aliphatic hydroxyl groups is 1. The molecule has 0 saturated carbocycles. The van der Waals surface area contributed by atoms with Gasteiger partial charge in [0.2, 0.25) is 0 Å². The Kier molecular flexibility index (Phi) is 3.58. The van der Waals surface area contributed by atoms with Crippen molar-refractivity contribution in [1.29, 1.82) is 0 Å². The van der Waals surface area contributed by atoms with E-state index in [9.17, 15) is 9.50 Å². The fourth-order valence-corrected chi connectivity index (χ4v) is 1.66. The smallest absolute Gasteiger partial charge is 0.165 e. The Hall–Kier alpha value is -1.94. The minimum Gasteiger partial charge on any atom is -0.494 e. The zero-order valence-corrected chi connectivity index (χ0v) is 10.2. The summed E-state index contributed by atoms with van der Waals surface area (Å²) in [4.78, 5) is 4.12. The van der Waals surface area contributed by atoms with E-state index in [0.717, 1.165) is 5.56 Å². The molecule has 2 aromatic rings. The van der Waals surface area contributed by atoms with Crippen molar-refractivity contribution in [3.63, 3.8) is 0 Å². The number of hydrogen-bond donors (Lipinski definition) is 1. The molecule has 1 aromatic heterocycles. The molecule has 0 aliphatic carbocycles. The monoisotopic (exact) mass is 247 g/mol. The van der Waals surface area contributed by atoms with Crippen LogP contribution in [0.2, 0.25) is 0 Å². The Morgan fingerprint density at radius 3 is 2.61 bits per heavy atom. The standard InChI is InChI=1S/C14H14FNO2/c1-9-3-5-12(16-8-9)14(17)10-4-6-13(18-2)11(15)7-10/h3-8,14,17H,1-2H3. The van der Waals surface area contributed by atoms with E-state index in [-0.39, 0.29) is 5.75 Å². The lowest BCUT2D eigenvalue weighted by Gasteiger charge is -2.12. The van der Waals surface area contributed by atoms with Crippen molar-refractivity contribution >= 4 is 0 Å². The van der Waals surface area contributed by atoms with Gasteiger partial charge in [-0.2, -0.15) is 0 Å². The molecule has 0 spiro atoms. The number of aromatic nitrogens is 1. The third-order valence-corrected chi connectivity index (χ3v) is 2.71. The van der Waals surface area contributed by atoms with E-state index < -0.39 is 11.9 Å². The van der Waals surface area contributed by atoms with Crippen LogP contribution in [0.1, 0.15) is 22.9 Å². The van der Waals surface area contributed by atoms with E-state index in [4.69, 9.17) is 4.74 Å². The molecule has 3 nitrogen and oxygen atoms in total. The highest BCUT2D eigenvalue weighted by Gasteiger charge is 2.14. The summed E-state index contributed by atoms with van der Waals surface area (Å²) in [5.74, 6) is -0.344. The molecule has 1 aromatic carbocycles. The fourth-order valence-electron chi connectivity index (χ4n) is 1.66. The highest BCUT2D eigenvalue weighted by molar-refractivity contribution is 5.33. The molecule has 0 bridgehead atoms. The van der Waals surface area contributed by atoms with Crippen LogP contribution in [-0.4, -0.2) is 17.2 Å². The first-order chi connectivity index (χ1) is 8.61. The third-order valence-electron chi connectivity index (χ3n) is 2.71. The molecule has 0 amide bonds. The van der Waals surface area contributed by atoms with Crippen LogP contribution in [-0.2, 0) is 0 Å². The van der Waals surface area contributed by atoms with Gasteiger partial charge in [-0.3, -0.25) is 4.98 Å². The third kappa shape index (κ3) is 2.49. The van der Waals surface area contributed by atoms with Gasteiger partial charge in [0.05, 0.1) is 12.8 Å². The van der Waals surface area contributed by atoms with Crippen LogP contribution >= 0.6 is 0 Å². The largest absolute Gasteiger partial charge is 0.494 e. The quantitative estimate of drug-likeness (QED) is 0.906. The van der Waals surface area contributed by atoms with Gasteiger partial charge in [0.25, 0.3) is 0 Å². The zero-order valence-electron chi connectivity index (χ0n) is 10.2. The number of hydrogen-bond acceptors (Lipinski definition) is 3. The summed E-state index contributed by atoms with van der Waals surface area (Å²) >= 11 is 0. The van der Waals surface area contributed by atoms with E-state index in [1.54, 1.807) is 18.3 Å². The lowest BCUT2D eigenvalue weighted by atomic mass is 10.1. The van der Waals surface area contributed by atoms with Gasteiger partial charge in [-0.1, -0.05) is 12.1 Å². The summed E-state index contributed by atoms with van der Waals surface area (Å²) in [6, 6.07) is 7.94. The molecule has 0 aliphatic rings. The molecule has 4 heteroatoms. The minimum atomic E-state index is -0.939. The number of benzene rings is 1. The van der Waals surface area contributed by atoms with E-state index >= 15 is 0 Å². The van der Waals surface area contributed by atoms with Crippen LogP contribution in [0.5, 0.6) is 5.75 Å². The highest BCUT2D eigenvalue weighted by Crippen LogP contribution is 2.25. The van der Waals surface area contributed by atoms with Crippen LogP contribution in [0, 0.1) is 12.7 Å². The van der Waals surface area contributed by atoms with Crippen LogP contribution in [0.3, 0.4) is 0 Å². The number of halogens is 1. The lowest BCUT2D eigenvalue weighted by Crippen LogP contribution is -2.03. The van der Waals surface area contributed by atoms with Crippen molar-refractivity contribution < 1.29 is 14.2 Å². The number of aliphatic hydroxyl groups excluding tert-OH is 1. The summed E-state index contributed by atoms with van der Waals surface area (Å²) < 4.78 is 18.4. The molecule has 2 rings (SSSR count). The van der Waals surface area contributed by atoms with Crippen LogP contribution in [0.15, 0.2) is 36.5 Å². The molecule has 1 heterocycles. The molecular formula is C14H14FNO2. The van der Waals surface area contributed by atoms with Crippen molar-refractivity contribution in [1.82, 2.24) is 4.98 Å². The lowest BCUT2D eigenvalue weighted by molar-refractivity contribution is 0.214. The number of methoxy groups -OCH3 is 1. The maximum absolute atomic E-state index is 13.5. The summed E-state index contributed by atoms with van der Waals surface area (Å²) in [6.07, 6.45) is 0.726. The molecule has 0 fully saturated rings. The van der Waals surface area contributed by atoms with Gasteiger partial charge in [-0.25, -0.2) is 4.39 Å². The van der Waals surface area contributed by atoms with Crippen molar-refractivity contribution in [2.45, 2.75) is 13.0 Å². The fraction of sp³-hybridized carbons (Fsp3) is 0.214.